The fourth-order valence-electron chi connectivity index (χ4n) is 3.91. The lowest BCUT2D eigenvalue weighted by Gasteiger charge is -2.30. The van der Waals surface area contributed by atoms with Gasteiger partial charge in [-0.15, -0.1) is 0 Å². The van der Waals surface area contributed by atoms with Crippen LogP contribution in [0.2, 0.25) is 10.0 Å². The average molecular weight is 450 g/mol. The van der Waals surface area contributed by atoms with Gasteiger partial charge in [-0.25, -0.2) is 0 Å². The molecule has 6 nitrogen and oxygen atoms in total. The van der Waals surface area contributed by atoms with Crippen LogP contribution in [0.4, 0.5) is 0 Å². The smallest absolute Gasteiger partial charge is 0.237 e. The van der Waals surface area contributed by atoms with Crippen molar-refractivity contribution in [2.75, 3.05) is 20.1 Å². The first-order valence-corrected chi connectivity index (χ1v) is 10.5. The molecule has 0 aliphatic heterocycles. The van der Waals surface area contributed by atoms with Crippen molar-refractivity contribution < 1.29 is 14.7 Å². The van der Waals surface area contributed by atoms with E-state index in [-0.39, 0.29) is 25.4 Å². The van der Waals surface area contributed by atoms with Crippen LogP contribution in [0.1, 0.15) is 29.2 Å². The van der Waals surface area contributed by atoms with Gasteiger partial charge in [0.15, 0.2) is 0 Å². The van der Waals surface area contributed by atoms with E-state index in [0.29, 0.717) is 23.0 Å². The zero-order valence-corrected chi connectivity index (χ0v) is 18.2. The van der Waals surface area contributed by atoms with Gasteiger partial charge in [0.25, 0.3) is 0 Å². The molecular weight excluding hydrogens is 425 g/mol. The molecule has 1 aliphatic carbocycles. The van der Waals surface area contributed by atoms with Crippen molar-refractivity contribution >= 4 is 35.0 Å². The molecule has 0 bridgehead atoms. The lowest BCUT2D eigenvalue weighted by atomic mass is 10.1. The maximum absolute atomic E-state index is 13.1. The zero-order valence-electron chi connectivity index (χ0n) is 16.7. The molecule has 0 heterocycles. The van der Waals surface area contributed by atoms with E-state index in [1.165, 1.54) is 0 Å². The second-order valence-corrected chi connectivity index (χ2v) is 8.45. The Morgan fingerprint density at radius 2 is 1.90 bits per heavy atom. The summed E-state index contributed by atoms with van der Waals surface area (Å²) in [5, 5.41) is 11.6. The number of aliphatic hydroxyl groups excluding tert-OH is 1. The quantitative estimate of drug-likeness (QED) is 0.648. The van der Waals surface area contributed by atoms with E-state index in [4.69, 9.17) is 28.9 Å². The Hall–Kier alpha value is -2.12. The van der Waals surface area contributed by atoms with Crippen molar-refractivity contribution in [2.24, 2.45) is 5.73 Å². The number of rotatable bonds is 8. The van der Waals surface area contributed by atoms with Crippen LogP contribution in [-0.2, 0) is 22.6 Å². The van der Waals surface area contributed by atoms with Gasteiger partial charge in [0.1, 0.15) is 0 Å². The molecule has 1 aliphatic rings. The second-order valence-electron chi connectivity index (χ2n) is 7.60. The topological polar surface area (TPSA) is 86.9 Å². The van der Waals surface area contributed by atoms with E-state index >= 15 is 0 Å². The van der Waals surface area contributed by atoms with Crippen LogP contribution >= 0.6 is 23.2 Å². The van der Waals surface area contributed by atoms with Crippen LogP contribution < -0.4 is 5.73 Å². The molecule has 160 valence electrons. The third-order valence-electron chi connectivity index (χ3n) is 5.35. The number of halogens is 2. The predicted molar refractivity (Wildman–Crippen MR) is 117 cm³/mol. The van der Waals surface area contributed by atoms with Gasteiger partial charge in [0.05, 0.1) is 18.7 Å². The largest absolute Gasteiger partial charge is 0.391 e. The van der Waals surface area contributed by atoms with Crippen molar-refractivity contribution in [1.29, 1.82) is 0 Å². The highest BCUT2D eigenvalue weighted by molar-refractivity contribution is 6.35. The number of hydrogen-bond acceptors (Lipinski definition) is 4. The lowest BCUT2D eigenvalue weighted by molar-refractivity contribution is -0.134. The first-order valence-electron chi connectivity index (χ1n) is 9.72. The minimum Gasteiger partial charge on any atom is -0.391 e. The molecule has 3 N–H and O–H groups in total. The third-order valence-corrected chi connectivity index (χ3v) is 5.90. The van der Waals surface area contributed by atoms with Crippen molar-refractivity contribution in [2.45, 2.75) is 31.5 Å². The molecule has 30 heavy (non-hydrogen) atoms. The number of carbonyl (C=O) groups is 2. The van der Waals surface area contributed by atoms with Crippen LogP contribution in [0.5, 0.6) is 0 Å². The lowest BCUT2D eigenvalue weighted by Crippen LogP contribution is -2.42. The predicted octanol–water partition coefficient (Wildman–Crippen LogP) is 2.79. The summed E-state index contributed by atoms with van der Waals surface area (Å²) in [4.78, 5) is 27.8. The van der Waals surface area contributed by atoms with Gasteiger partial charge in [-0.05, 0) is 35.9 Å². The third kappa shape index (κ3) is 5.32. The van der Waals surface area contributed by atoms with Crippen LogP contribution in [-0.4, -0.2) is 53.0 Å². The summed E-state index contributed by atoms with van der Waals surface area (Å²) >= 11 is 12.5. The fraction of sp³-hybridized carbons (Fsp3) is 0.364. The molecule has 0 aromatic heterocycles. The molecule has 0 radical (unpaired) electrons. The minimum absolute atomic E-state index is 0.0664. The Morgan fingerprint density at radius 1 is 1.20 bits per heavy atom. The maximum Gasteiger partial charge on any atom is 0.237 e. The summed E-state index contributed by atoms with van der Waals surface area (Å²) in [5.74, 6) is -0.616. The number of likely N-dealkylation sites (N-methyl/N-ethyl adjacent to an activating group) is 1. The highest BCUT2D eigenvalue weighted by Crippen LogP contribution is 2.40. The van der Waals surface area contributed by atoms with E-state index in [0.717, 1.165) is 16.7 Å². The van der Waals surface area contributed by atoms with Gasteiger partial charge < -0.3 is 15.7 Å². The summed E-state index contributed by atoms with van der Waals surface area (Å²) in [6, 6.07) is 12.6. The van der Waals surface area contributed by atoms with Gasteiger partial charge in [0, 0.05) is 36.0 Å². The van der Waals surface area contributed by atoms with Crippen LogP contribution in [0.3, 0.4) is 0 Å². The number of primary amides is 1. The second kappa shape index (κ2) is 9.79. The van der Waals surface area contributed by atoms with Crippen molar-refractivity contribution in [3.8, 4) is 0 Å². The first kappa shape index (κ1) is 22.6. The number of carbonyl (C=O) groups excluding carboxylic acids is 2. The maximum atomic E-state index is 13.1. The number of nitrogens with zero attached hydrogens (tertiary/aromatic N) is 2. The molecule has 2 atom stereocenters. The number of fused-ring (bicyclic) bond motifs is 1. The molecular formula is C22H25Cl2N3O3. The molecule has 0 saturated heterocycles. The highest BCUT2D eigenvalue weighted by atomic mass is 35.5. The molecule has 0 saturated carbocycles. The fourth-order valence-corrected chi connectivity index (χ4v) is 4.50. The number of benzene rings is 2. The Labute approximate surface area is 186 Å². The Morgan fingerprint density at radius 3 is 2.57 bits per heavy atom. The molecule has 3 rings (SSSR count). The highest BCUT2D eigenvalue weighted by Gasteiger charge is 2.36. The van der Waals surface area contributed by atoms with E-state index in [1.54, 1.807) is 29.0 Å². The Bertz CT molecular complexity index is 923. The number of nitrogens with two attached hydrogens (primary N) is 1. The normalized spacial score (nSPS) is 17.8. The van der Waals surface area contributed by atoms with Crippen LogP contribution in [0, 0.1) is 0 Å². The number of amides is 2. The molecule has 2 amide bonds. The number of aliphatic hydroxyl groups is 1. The monoisotopic (exact) mass is 449 g/mol. The van der Waals surface area contributed by atoms with Gasteiger partial charge in [0.2, 0.25) is 11.8 Å². The Kier molecular flexibility index (Phi) is 7.36. The zero-order chi connectivity index (χ0) is 21.8. The standard InChI is InChI=1S/C22H25Cl2N3O3/c1-26(22-17-9-15(23)10-18(24)16(17)11-19(22)28)13-21(30)27(8-7-20(25)29)12-14-5-3-2-4-6-14/h2-6,9-10,19,22,28H,7-8,11-13H2,1H3,(H2,25,29)/t19-,22-/m0/s1. The van der Waals surface area contributed by atoms with E-state index in [1.807, 2.05) is 30.3 Å². The van der Waals surface area contributed by atoms with Gasteiger partial charge in [-0.3, -0.25) is 14.5 Å². The van der Waals surface area contributed by atoms with Crippen LogP contribution in [0.25, 0.3) is 0 Å². The number of hydrogen-bond donors (Lipinski definition) is 2. The van der Waals surface area contributed by atoms with E-state index < -0.39 is 18.1 Å². The summed E-state index contributed by atoms with van der Waals surface area (Å²) in [5.41, 5.74) is 7.94. The van der Waals surface area contributed by atoms with Crippen molar-refractivity contribution in [3.63, 3.8) is 0 Å². The van der Waals surface area contributed by atoms with Gasteiger partial charge >= 0.3 is 0 Å². The SMILES string of the molecule is CN(CC(=O)N(CCC(N)=O)Cc1ccccc1)[C@H]1c2cc(Cl)cc(Cl)c2C[C@@H]1O. The molecule has 0 spiro atoms. The molecule has 0 unspecified atom stereocenters. The van der Waals surface area contributed by atoms with Gasteiger partial charge in [-0.1, -0.05) is 53.5 Å². The van der Waals surface area contributed by atoms with E-state index in [9.17, 15) is 14.7 Å². The summed E-state index contributed by atoms with van der Waals surface area (Å²) in [6.07, 6.45) is -0.200. The average Bonchev–Trinajstić information content (AvgIpc) is 3.02. The minimum atomic E-state index is -0.693. The first-order chi connectivity index (χ1) is 14.3. The van der Waals surface area contributed by atoms with E-state index in [2.05, 4.69) is 0 Å². The van der Waals surface area contributed by atoms with Gasteiger partial charge in [-0.2, -0.15) is 0 Å². The summed E-state index contributed by atoms with van der Waals surface area (Å²) < 4.78 is 0. The Balaban J connectivity index is 1.76. The molecule has 2 aromatic carbocycles. The molecule has 2 aromatic rings. The van der Waals surface area contributed by atoms with Crippen LogP contribution in [0.15, 0.2) is 42.5 Å². The molecule has 0 fully saturated rings. The van der Waals surface area contributed by atoms with Crippen molar-refractivity contribution in [3.05, 3.63) is 69.2 Å². The summed E-state index contributed by atoms with van der Waals surface area (Å²) in [6.45, 7) is 0.678. The molecule has 8 heteroatoms. The van der Waals surface area contributed by atoms with Crippen molar-refractivity contribution in [1.82, 2.24) is 9.80 Å². The summed E-state index contributed by atoms with van der Waals surface area (Å²) in [7, 11) is 1.78.